The third-order valence-corrected chi connectivity index (χ3v) is 3.93. The summed E-state index contributed by atoms with van der Waals surface area (Å²) in [7, 11) is 1.43. The van der Waals surface area contributed by atoms with Crippen LogP contribution in [0.1, 0.15) is 48.0 Å². The first kappa shape index (κ1) is 22.4. The molecule has 7 nitrogen and oxygen atoms in total. The van der Waals surface area contributed by atoms with E-state index in [0.717, 1.165) is 0 Å². The number of nitrogens with one attached hydrogen (secondary N) is 1. The number of carbonyl (C=O) groups is 3. The Bertz CT molecular complexity index is 448. The highest BCUT2D eigenvalue weighted by Gasteiger charge is 2.35. The molecule has 0 heterocycles. The maximum absolute atomic E-state index is 12.7. The van der Waals surface area contributed by atoms with Gasteiger partial charge in [-0.05, 0) is 24.2 Å². The molecule has 0 aliphatic heterocycles. The monoisotopic (exact) mass is 344 g/mol. The Morgan fingerprint density at radius 1 is 1.00 bits per heavy atom. The zero-order valence-electron chi connectivity index (χ0n) is 15.7. The van der Waals surface area contributed by atoms with Gasteiger partial charge in [-0.3, -0.25) is 9.59 Å². The van der Waals surface area contributed by atoms with Gasteiger partial charge in [-0.1, -0.05) is 41.5 Å². The summed E-state index contributed by atoms with van der Waals surface area (Å²) in [5, 5.41) is 21.8. The van der Waals surface area contributed by atoms with E-state index in [4.69, 9.17) is 0 Å². The van der Waals surface area contributed by atoms with E-state index in [9.17, 15) is 24.6 Å². The summed E-state index contributed by atoms with van der Waals surface area (Å²) in [6.07, 6.45) is -0.888. The summed E-state index contributed by atoms with van der Waals surface area (Å²) in [6.45, 7) is 10.7. The van der Waals surface area contributed by atoms with Gasteiger partial charge in [-0.25, -0.2) is 4.79 Å². The van der Waals surface area contributed by atoms with Crippen molar-refractivity contribution in [2.75, 3.05) is 7.05 Å². The van der Waals surface area contributed by atoms with Gasteiger partial charge in [0.2, 0.25) is 11.8 Å². The van der Waals surface area contributed by atoms with Crippen LogP contribution in [0.3, 0.4) is 0 Å². The molecule has 0 bridgehead atoms. The molecule has 0 aromatic heterocycles. The topological polar surface area (TPSA) is 107 Å². The van der Waals surface area contributed by atoms with Gasteiger partial charge in [-0.2, -0.15) is 0 Å². The fourth-order valence-electron chi connectivity index (χ4n) is 2.30. The highest BCUT2D eigenvalue weighted by Crippen LogP contribution is 2.15. The molecule has 0 rings (SSSR count). The molecule has 24 heavy (non-hydrogen) atoms. The van der Waals surface area contributed by atoms with Crippen molar-refractivity contribution in [2.45, 2.75) is 66.2 Å². The average molecular weight is 344 g/mol. The molecule has 3 atom stereocenters. The number of likely N-dealkylation sites (N-methyl/N-ethyl adjacent to an activating group) is 1. The second kappa shape index (κ2) is 9.61. The molecule has 0 radical (unpaired) electrons. The highest BCUT2D eigenvalue weighted by atomic mass is 16.4. The van der Waals surface area contributed by atoms with Crippen molar-refractivity contribution < 1.29 is 24.6 Å². The van der Waals surface area contributed by atoms with E-state index in [0.29, 0.717) is 6.42 Å². The van der Waals surface area contributed by atoms with Crippen LogP contribution in [-0.4, -0.2) is 58.1 Å². The number of rotatable bonds is 9. The number of carbonyl (C=O) groups excluding carboxylic acids is 2. The van der Waals surface area contributed by atoms with Crippen LogP contribution in [-0.2, 0) is 14.4 Å². The summed E-state index contributed by atoms with van der Waals surface area (Å²) in [5.41, 5.74) is 0. The highest BCUT2D eigenvalue weighted by molar-refractivity contribution is 5.91. The predicted molar refractivity (Wildman–Crippen MR) is 91.3 cm³/mol. The van der Waals surface area contributed by atoms with E-state index in [2.05, 4.69) is 5.32 Å². The summed E-state index contributed by atoms with van der Waals surface area (Å²) in [4.78, 5) is 37.4. The quantitative estimate of drug-likeness (QED) is 0.581. The number of aliphatic carboxylic acids is 1. The van der Waals surface area contributed by atoms with E-state index in [-0.39, 0.29) is 17.8 Å². The summed E-state index contributed by atoms with van der Waals surface area (Å²) in [6, 6.07) is -1.84. The van der Waals surface area contributed by atoms with Crippen molar-refractivity contribution in [3.8, 4) is 0 Å². The lowest BCUT2D eigenvalue weighted by molar-refractivity contribution is -0.151. The van der Waals surface area contributed by atoms with Gasteiger partial charge in [-0.15, -0.1) is 0 Å². The SMILES string of the molecule is CC(C)C[C@@H](C(=O)O)N(C)C(=O)[C@@H](NC(=O)[C@@H](O)C(C)C)C(C)C. The normalized spacial score (nSPS) is 15.3. The van der Waals surface area contributed by atoms with Crippen LogP contribution < -0.4 is 5.32 Å². The van der Waals surface area contributed by atoms with Gasteiger partial charge in [0.05, 0.1) is 0 Å². The van der Waals surface area contributed by atoms with E-state index < -0.39 is 36.0 Å². The van der Waals surface area contributed by atoms with Crippen molar-refractivity contribution in [1.29, 1.82) is 0 Å². The second-order valence-corrected chi connectivity index (χ2v) is 7.35. The molecular formula is C17H32N2O5. The second-order valence-electron chi connectivity index (χ2n) is 7.35. The Hall–Kier alpha value is -1.63. The number of nitrogens with zero attached hydrogens (tertiary/aromatic N) is 1. The Kier molecular flexibility index (Phi) is 8.96. The molecule has 140 valence electrons. The maximum Gasteiger partial charge on any atom is 0.326 e. The van der Waals surface area contributed by atoms with Gasteiger partial charge >= 0.3 is 5.97 Å². The van der Waals surface area contributed by atoms with Crippen LogP contribution >= 0.6 is 0 Å². The fraction of sp³-hybridized carbons (Fsp3) is 0.824. The molecule has 0 fully saturated rings. The fourth-order valence-corrected chi connectivity index (χ4v) is 2.30. The molecule has 0 aliphatic carbocycles. The van der Waals surface area contributed by atoms with Gasteiger partial charge in [0, 0.05) is 7.05 Å². The number of amides is 2. The van der Waals surface area contributed by atoms with Crippen LogP contribution in [0.2, 0.25) is 0 Å². The van der Waals surface area contributed by atoms with Crippen molar-refractivity contribution in [1.82, 2.24) is 10.2 Å². The summed E-state index contributed by atoms with van der Waals surface area (Å²) in [5.74, 6) is -2.58. The number of hydrogen-bond donors (Lipinski definition) is 3. The number of aliphatic hydroxyl groups is 1. The van der Waals surface area contributed by atoms with Crippen LogP contribution in [0, 0.1) is 17.8 Å². The Morgan fingerprint density at radius 3 is 1.83 bits per heavy atom. The molecule has 0 aliphatic rings. The summed E-state index contributed by atoms with van der Waals surface area (Å²) < 4.78 is 0. The minimum Gasteiger partial charge on any atom is -0.480 e. The van der Waals surface area contributed by atoms with Crippen molar-refractivity contribution in [3.05, 3.63) is 0 Å². The number of carboxylic acids is 1. The van der Waals surface area contributed by atoms with Gasteiger partial charge in [0.25, 0.3) is 0 Å². The van der Waals surface area contributed by atoms with Crippen LogP contribution in [0.15, 0.2) is 0 Å². The average Bonchev–Trinajstić information content (AvgIpc) is 2.46. The molecule has 0 unspecified atom stereocenters. The first-order chi connectivity index (χ1) is 10.9. The standard InChI is InChI=1S/C17H32N2O5/c1-9(2)8-12(17(23)24)19(7)16(22)13(10(3)4)18-15(21)14(20)11(5)6/h9-14,20H,8H2,1-7H3,(H,18,21)(H,23,24)/t12-,13-,14-/m0/s1. The van der Waals surface area contributed by atoms with E-state index in [1.54, 1.807) is 27.7 Å². The summed E-state index contributed by atoms with van der Waals surface area (Å²) >= 11 is 0. The Morgan fingerprint density at radius 2 is 1.50 bits per heavy atom. The molecule has 3 N–H and O–H groups in total. The first-order valence-electron chi connectivity index (χ1n) is 8.38. The van der Waals surface area contributed by atoms with Crippen molar-refractivity contribution in [3.63, 3.8) is 0 Å². The third-order valence-electron chi connectivity index (χ3n) is 3.93. The van der Waals surface area contributed by atoms with Crippen LogP contribution in [0.5, 0.6) is 0 Å². The third kappa shape index (κ3) is 6.47. The van der Waals surface area contributed by atoms with Gasteiger partial charge < -0.3 is 20.4 Å². The molecular weight excluding hydrogens is 312 g/mol. The lowest BCUT2D eigenvalue weighted by atomic mass is 9.98. The van der Waals surface area contributed by atoms with E-state index >= 15 is 0 Å². The van der Waals surface area contributed by atoms with E-state index in [1.165, 1.54) is 11.9 Å². The lowest BCUT2D eigenvalue weighted by Crippen LogP contribution is -2.56. The van der Waals surface area contributed by atoms with Gasteiger partial charge in [0.15, 0.2) is 0 Å². The largest absolute Gasteiger partial charge is 0.480 e. The Balaban J connectivity index is 5.26. The molecule has 0 saturated carbocycles. The maximum atomic E-state index is 12.7. The minimum absolute atomic E-state index is 0.108. The molecule has 0 spiro atoms. The zero-order valence-corrected chi connectivity index (χ0v) is 15.7. The Labute approximate surface area is 144 Å². The molecule has 2 amide bonds. The zero-order chi connectivity index (χ0) is 19.2. The molecule has 7 heteroatoms. The van der Waals surface area contributed by atoms with Gasteiger partial charge in [0.1, 0.15) is 18.2 Å². The van der Waals surface area contributed by atoms with Crippen molar-refractivity contribution >= 4 is 17.8 Å². The van der Waals surface area contributed by atoms with Crippen LogP contribution in [0.25, 0.3) is 0 Å². The smallest absolute Gasteiger partial charge is 0.326 e. The van der Waals surface area contributed by atoms with Crippen LogP contribution in [0.4, 0.5) is 0 Å². The van der Waals surface area contributed by atoms with E-state index in [1.807, 2.05) is 13.8 Å². The molecule has 0 saturated heterocycles. The number of aliphatic hydroxyl groups excluding tert-OH is 1. The molecule has 0 aromatic carbocycles. The number of hydrogen-bond acceptors (Lipinski definition) is 4. The first-order valence-corrected chi connectivity index (χ1v) is 8.38. The lowest BCUT2D eigenvalue weighted by Gasteiger charge is -2.32. The predicted octanol–water partition coefficient (Wildman–Crippen LogP) is 1.10. The van der Waals surface area contributed by atoms with Crippen molar-refractivity contribution in [2.24, 2.45) is 17.8 Å². The minimum atomic E-state index is -1.21. The number of carboxylic acid groups (broad SMARTS) is 1. The molecule has 0 aromatic rings.